The number of amides is 1. The van der Waals surface area contributed by atoms with Gasteiger partial charge in [0.1, 0.15) is 0 Å². The zero-order chi connectivity index (χ0) is 9.97. The first-order chi connectivity index (χ1) is 6.77. The first-order valence-electron chi connectivity index (χ1n) is 5.47. The molecule has 1 fully saturated rings. The highest BCUT2D eigenvalue weighted by molar-refractivity contribution is 5.79. The minimum absolute atomic E-state index is 0.207. The van der Waals surface area contributed by atoms with Crippen molar-refractivity contribution in [1.29, 1.82) is 0 Å². The zero-order valence-corrected chi connectivity index (χ0v) is 8.48. The van der Waals surface area contributed by atoms with Crippen LogP contribution in [0.15, 0.2) is 12.2 Å². The topological polar surface area (TPSA) is 46.3 Å². The number of nitrogens with zero attached hydrogens (tertiary/aromatic N) is 1. The van der Waals surface area contributed by atoms with Gasteiger partial charge in [-0.05, 0) is 25.7 Å². The Bertz CT molecular complexity index is 250. The largest absolute Gasteiger partial charge is 0.341 e. The average Bonchev–Trinajstić information content (AvgIpc) is 2.65. The first kappa shape index (κ1) is 9.71. The molecule has 0 unspecified atom stereocenters. The second-order valence-corrected chi connectivity index (χ2v) is 4.31. The highest BCUT2D eigenvalue weighted by Crippen LogP contribution is 2.22. The van der Waals surface area contributed by atoms with Crippen molar-refractivity contribution in [3.05, 3.63) is 12.2 Å². The summed E-state index contributed by atoms with van der Waals surface area (Å²) in [5, 5.41) is 0. The van der Waals surface area contributed by atoms with E-state index in [0.717, 1.165) is 38.8 Å². The summed E-state index contributed by atoms with van der Waals surface area (Å²) in [6, 6.07) is 0.207. The SMILES string of the molecule is N[C@H]1CCN(C(=O)[C@@H]2CC=CCC2)C1. The quantitative estimate of drug-likeness (QED) is 0.630. The van der Waals surface area contributed by atoms with Crippen LogP contribution in [-0.2, 0) is 4.79 Å². The van der Waals surface area contributed by atoms with E-state index in [9.17, 15) is 4.79 Å². The molecule has 1 saturated heterocycles. The normalized spacial score (nSPS) is 32.2. The van der Waals surface area contributed by atoms with Crippen LogP contribution in [0.25, 0.3) is 0 Å². The molecular formula is C11H18N2O. The van der Waals surface area contributed by atoms with Gasteiger partial charge in [-0.25, -0.2) is 0 Å². The number of rotatable bonds is 1. The summed E-state index contributed by atoms with van der Waals surface area (Å²) in [4.78, 5) is 13.9. The predicted octanol–water partition coefficient (Wildman–Crippen LogP) is 0.902. The lowest BCUT2D eigenvalue weighted by atomic mass is 9.93. The van der Waals surface area contributed by atoms with Crippen LogP contribution in [0.4, 0.5) is 0 Å². The summed E-state index contributed by atoms with van der Waals surface area (Å²) in [5.41, 5.74) is 5.78. The minimum atomic E-state index is 0.207. The van der Waals surface area contributed by atoms with E-state index in [4.69, 9.17) is 5.73 Å². The fourth-order valence-electron chi connectivity index (χ4n) is 2.26. The number of carbonyl (C=O) groups is 1. The maximum Gasteiger partial charge on any atom is 0.226 e. The summed E-state index contributed by atoms with van der Waals surface area (Å²) in [6.07, 6.45) is 8.25. The molecule has 0 aromatic heterocycles. The highest BCUT2D eigenvalue weighted by atomic mass is 16.2. The Morgan fingerprint density at radius 3 is 2.79 bits per heavy atom. The van der Waals surface area contributed by atoms with Crippen molar-refractivity contribution < 1.29 is 4.79 Å². The van der Waals surface area contributed by atoms with Crippen molar-refractivity contribution in [1.82, 2.24) is 4.90 Å². The van der Waals surface area contributed by atoms with E-state index < -0.39 is 0 Å². The smallest absolute Gasteiger partial charge is 0.226 e. The van der Waals surface area contributed by atoms with E-state index in [0.29, 0.717) is 5.91 Å². The Balaban J connectivity index is 1.91. The molecule has 0 aromatic rings. The molecule has 2 rings (SSSR count). The lowest BCUT2D eigenvalue weighted by Crippen LogP contribution is -2.36. The number of likely N-dealkylation sites (tertiary alicyclic amines) is 1. The number of hydrogen-bond acceptors (Lipinski definition) is 2. The monoisotopic (exact) mass is 194 g/mol. The van der Waals surface area contributed by atoms with Crippen LogP contribution >= 0.6 is 0 Å². The molecule has 3 heteroatoms. The van der Waals surface area contributed by atoms with E-state index in [1.54, 1.807) is 0 Å². The molecule has 2 aliphatic rings. The van der Waals surface area contributed by atoms with Gasteiger partial charge in [0.2, 0.25) is 5.91 Å². The molecule has 2 atom stereocenters. The van der Waals surface area contributed by atoms with Gasteiger partial charge in [-0.1, -0.05) is 12.2 Å². The van der Waals surface area contributed by atoms with Gasteiger partial charge < -0.3 is 10.6 Å². The fraction of sp³-hybridized carbons (Fsp3) is 0.727. The number of allylic oxidation sites excluding steroid dienone is 2. The molecule has 78 valence electrons. The van der Waals surface area contributed by atoms with Gasteiger partial charge in [-0.2, -0.15) is 0 Å². The summed E-state index contributed by atoms with van der Waals surface area (Å²) < 4.78 is 0. The van der Waals surface area contributed by atoms with Gasteiger partial charge >= 0.3 is 0 Å². The third kappa shape index (κ3) is 1.98. The molecule has 1 amide bonds. The Morgan fingerprint density at radius 1 is 1.36 bits per heavy atom. The van der Waals surface area contributed by atoms with Crippen molar-refractivity contribution in [2.75, 3.05) is 13.1 Å². The van der Waals surface area contributed by atoms with Gasteiger partial charge in [-0.15, -0.1) is 0 Å². The fourth-order valence-corrected chi connectivity index (χ4v) is 2.26. The molecule has 14 heavy (non-hydrogen) atoms. The second kappa shape index (κ2) is 4.13. The van der Waals surface area contributed by atoms with Crippen LogP contribution in [0.3, 0.4) is 0 Å². The average molecular weight is 194 g/mol. The first-order valence-corrected chi connectivity index (χ1v) is 5.47. The van der Waals surface area contributed by atoms with Crippen LogP contribution in [-0.4, -0.2) is 29.9 Å². The Labute approximate surface area is 84.9 Å². The van der Waals surface area contributed by atoms with Crippen LogP contribution in [0.2, 0.25) is 0 Å². The molecule has 0 saturated carbocycles. The summed E-state index contributed by atoms with van der Waals surface area (Å²) in [5.74, 6) is 0.549. The van der Waals surface area contributed by atoms with E-state index >= 15 is 0 Å². The third-order valence-electron chi connectivity index (χ3n) is 3.15. The Kier molecular flexibility index (Phi) is 2.87. The van der Waals surface area contributed by atoms with Crippen molar-refractivity contribution in [2.24, 2.45) is 11.7 Å². The molecular weight excluding hydrogens is 176 g/mol. The number of carbonyl (C=O) groups excluding carboxylic acids is 1. The Morgan fingerprint density at radius 2 is 2.21 bits per heavy atom. The summed E-state index contributed by atoms with van der Waals surface area (Å²) >= 11 is 0. The molecule has 1 aliphatic heterocycles. The number of hydrogen-bond donors (Lipinski definition) is 1. The van der Waals surface area contributed by atoms with Gasteiger partial charge in [0.05, 0.1) is 0 Å². The van der Waals surface area contributed by atoms with E-state index in [1.165, 1.54) is 0 Å². The van der Waals surface area contributed by atoms with Crippen LogP contribution in [0, 0.1) is 5.92 Å². The van der Waals surface area contributed by atoms with Crippen molar-refractivity contribution in [3.8, 4) is 0 Å². The van der Waals surface area contributed by atoms with Gasteiger partial charge in [0.25, 0.3) is 0 Å². The van der Waals surface area contributed by atoms with Crippen LogP contribution in [0.1, 0.15) is 25.7 Å². The molecule has 0 spiro atoms. The molecule has 0 radical (unpaired) electrons. The Hall–Kier alpha value is -0.830. The maximum atomic E-state index is 12.0. The van der Waals surface area contributed by atoms with Crippen molar-refractivity contribution >= 4 is 5.91 Å². The lowest BCUT2D eigenvalue weighted by Gasteiger charge is -2.23. The molecule has 3 nitrogen and oxygen atoms in total. The molecule has 1 aliphatic carbocycles. The molecule has 0 aromatic carbocycles. The number of nitrogens with two attached hydrogens (primary N) is 1. The molecule has 2 N–H and O–H groups in total. The zero-order valence-electron chi connectivity index (χ0n) is 8.48. The van der Waals surface area contributed by atoms with E-state index in [-0.39, 0.29) is 12.0 Å². The van der Waals surface area contributed by atoms with Crippen molar-refractivity contribution in [3.63, 3.8) is 0 Å². The summed E-state index contributed by atoms with van der Waals surface area (Å²) in [6.45, 7) is 1.62. The van der Waals surface area contributed by atoms with E-state index in [2.05, 4.69) is 12.2 Å². The minimum Gasteiger partial charge on any atom is -0.341 e. The van der Waals surface area contributed by atoms with Crippen LogP contribution < -0.4 is 5.73 Å². The standard InChI is InChI=1S/C11H18N2O/c12-10-6-7-13(8-10)11(14)9-4-2-1-3-5-9/h1-2,9-10H,3-8,12H2/t9-,10+/m1/s1. The van der Waals surface area contributed by atoms with Gasteiger partial charge in [0.15, 0.2) is 0 Å². The van der Waals surface area contributed by atoms with Crippen LogP contribution in [0.5, 0.6) is 0 Å². The predicted molar refractivity (Wildman–Crippen MR) is 55.7 cm³/mol. The van der Waals surface area contributed by atoms with Gasteiger partial charge in [0, 0.05) is 25.0 Å². The van der Waals surface area contributed by atoms with Crippen molar-refractivity contribution in [2.45, 2.75) is 31.7 Å². The lowest BCUT2D eigenvalue weighted by molar-refractivity contribution is -0.134. The third-order valence-corrected chi connectivity index (χ3v) is 3.15. The van der Waals surface area contributed by atoms with Gasteiger partial charge in [-0.3, -0.25) is 4.79 Å². The highest BCUT2D eigenvalue weighted by Gasteiger charge is 2.28. The molecule has 1 heterocycles. The summed E-state index contributed by atoms with van der Waals surface area (Å²) in [7, 11) is 0. The molecule has 0 bridgehead atoms. The second-order valence-electron chi connectivity index (χ2n) is 4.31. The van der Waals surface area contributed by atoms with E-state index in [1.807, 2.05) is 4.90 Å². The maximum absolute atomic E-state index is 12.0.